The van der Waals surface area contributed by atoms with Crippen molar-refractivity contribution in [1.82, 2.24) is 10.2 Å². The highest BCUT2D eigenvalue weighted by Gasteiger charge is 2.44. The summed E-state index contributed by atoms with van der Waals surface area (Å²) in [5.74, 6) is -1.79. The normalized spacial score (nSPS) is 17.1. The molecule has 3 amide bonds. The van der Waals surface area contributed by atoms with Gasteiger partial charge in [-0.15, -0.1) is 0 Å². The molecule has 4 rings (SSSR count). The number of rotatable bonds is 7. The van der Waals surface area contributed by atoms with E-state index >= 15 is 0 Å². The van der Waals surface area contributed by atoms with E-state index in [9.17, 15) is 18.4 Å². The molecule has 0 bridgehead atoms. The average molecular weight is 546 g/mol. The number of anilines is 1. The van der Waals surface area contributed by atoms with Gasteiger partial charge in [0.2, 0.25) is 0 Å². The van der Waals surface area contributed by atoms with E-state index in [-0.39, 0.29) is 42.0 Å². The molecule has 3 aromatic carbocycles. The highest BCUT2D eigenvalue weighted by Crippen LogP contribution is 2.30. The van der Waals surface area contributed by atoms with Gasteiger partial charge in [0.15, 0.2) is 5.96 Å². The quantitative estimate of drug-likeness (QED) is 0.378. The number of benzene rings is 3. The Balaban J connectivity index is 1.34. The molecule has 0 aromatic heterocycles. The van der Waals surface area contributed by atoms with Gasteiger partial charge in [-0.05, 0) is 41.8 Å². The van der Waals surface area contributed by atoms with E-state index in [2.05, 4.69) is 15.6 Å². The Hall–Kier alpha value is -3.69. The van der Waals surface area contributed by atoms with Crippen LogP contribution < -0.4 is 16.4 Å². The molecule has 0 spiro atoms. The molecule has 1 heterocycles. The molecule has 1 atom stereocenters. The summed E-state index contributed by atoms with van der Waals surface area (Å²) >= 11 is 12.0. The van der Waals surface area contributed by atoms with Crippen LogP contribution in [0.15, 0.2) is 65.7 Å². The van der Waals surface area contributed by atoms with Crippen molar-refractivity contribution in [3.63, 3.8) is 0 Å². The number of nitrogens with zero attached hydrogens (tertiary/aromatic N) is 2. The first kappa shape index (κ1) is 26.4. The van der Waals surface area contributed by atoms with E-state index in [1.165, 1.54) is 11.0 Å². The zero-order valence-electron chi connectivity index (χ0n) is 19.7. The van der Waals surface area contributed by atoms with E-state index in [1.54, 1.807) is 37.3 Å². The third kappa shape index (κ3) is 6.00. The Morgan fingerprint density at radius 1 is 1.08 bits per heavy atom. The molecule has 0 radical (unpaired) electrons. The number of nitrogens with two attached hydrogens (primary N) is 1. The molecule has 1 aliphatic heterocycles. The Kier molecular flexibility index (Phi) is 7.65. The first-order valence-corrected chi connectivity index (χ1v) is 12.0. The summed E-state index contributed by atoms with van der Waals surface area (Å²) in [4.78, 5) is 31.0. The van der Waals surface area contributed by atoms with Crippen molar-refractivity contribution in [3.05, 3.63) is 99.0 Å². The van der Waals surface area contributed by atoms with E-state index in [1.807, 2.05) is 12.1 Å². The molecule has 192 valence electrons. The molecule has 4 N–H and O–H groups in total. The summed E-state index contributed by atoms with van der Waals surface area (Å²) in [6.07, 6.45) is -0.0534. The number of carbonyl (C=O) groups excluding carboxylic acids is 2. The van der Waals surface area contributed by atoms with Crippen LogP contribution in [0.25, 0.3) is 0 Å². The summed E-state index contributed by atoms with van der Waals surface area (Å²) in [5.41, 5.74) is 6.90. The second kappa shape index (κ2) is 10.7. The molecule has 1 aliphatic rings. The lowest BCUT2D eigenvalue weighted by Gasteiger charge is -2.22. The van der Waals surface area contributed by atoms with Gasteiger partial charge >= 0.3 is 6.03 Å². The molecule has 37 heavy (non-hydrogen) atoms. The molecule has 0 aliphatic carbocycles. The maximum atomic E-state index is 14.1. The number of aliphatic imine (C=N–C) groups is 1. The van der Waals surface area contributed by atoms with Crippen LogP contribution in [-0.2, 0) is 24.3 Å². The summed E-state index contributed by atoms with van der Waals surface area (Å²) in [5, 5.41) is 5.96. The topological polar surface area (TPSA) is 99.8 Å². The minimum absolute atomic E-state index is 0.0251. The van der Waals surface area contributed by atoms with Crippen LogP contribution >= 0.6 is 23.2 Å². The predicted molar refractivity (Wildman–Crippen MR) is 139 cm³/mol. The number of carbonyl (C=O) groups is 2. The van der Waals surface area contributed by atoms with E-state index in [4.69, 9.17) is 28.9 Å². The number of nitrogens with one attached hydrogen (secondary N) is 2. The monoisotopic (exact) mass is 545 g/mol. The fourth-order valence-corrected chi connectivity index (χ4v) is 4.30. The zero-order chi connectivity index (χ0) is 26.7. The van der Waals surface area contributed by atoms with E-state index in [0.29, 0.717) is 10.7 Å². The third-order valence-electron chi connectivity index (χ3n) is 5.91. The largest absolute Gasteiger partial charge is 0.369 e. The summed E-state index contributed by atoms with van der Waals surface area (Å²) in [6.45, 7) is 1.98. The van der Waals surface area contributed by atoms with Crippen molar-refractivity contribution < 1.29 is 18.4 Å². The second-order valence-electron chi connectivity index (χ2n) is 8.77. The molecular formula is C26H23Cl2F2N5O2. The van der Waals surface area contributed by atoms with Crippen LogP contribution in [0.4, 0.5) is 19.3 Å². The minimum atomic E-state index is -1.30. The highest BCUT2D eigenvalue weighted by molar-refractivity contribution is 6.43. The number of hydrogen-bond donors (Lipinski definition) is 3. The van der Waals surface area contributed by atoms with Gasteiger partial charge in [0, 0.05) is 19.0 Å². The summed E-state index contributed by atoms with van der Waals surface area (Å²) < 4.78 is 27.4. The van der Waals surface area contributed by atoms with Gasteiger partial charge in [0.05, 0.1) is 22.3 Å². The highest BCUT2D eigenvalue weighted by atomic mass is 35.5. The summed E-state index contributed by atoms with van der Waals surface area (Å²) in [7, 11) is 0. The first-order chi connectivity index (χ1) is 17.6. The minimum Gasteiger partial charge on any atom is -0.369 e. The number of urea groups is 1. The van der Waals surface area contributed by atoms with Crippen LogP contribution in [0.3, 0.4) is 0 Å². The predicted octanol–water partition coefficient (Wildman–Crippen LogP) is 5.25. The number of guanidine groups is 1. The first-order valence-electron chi connectivity index (χ1n) is 11.2. The van der Waals surface area contributed by atoms with Crippen LogP contribution in [-0.4, -0.2) is 28.3 Å². The fourth-order valence-electron chi connectivity index (χ4n) is 3.95. The number of halogens is 4. The lowest BCUT2D eigenvalue weighted by molar-refractivity contribution is -0.131. The van der Waals surface area contributed by atoms with Gasteiger partial charge in [-0.3, -0.25) is 9.69 Å². The van der Waals surface area contributed by atoms with E-state index in [0.717, 1.165) is 23.3 Å². The van der Waals surface area contributed by atoms with Gasteiger partial charge in [-0.25, -0.2) is 18.6 Å². The third-order valence-corrected chi connectivity index (χ3v) is 6.73. The van der Waals surface area contributed by atoms with Gasteiger partial charge in [0.25, 0.3) is 5.91 Å². The van der Waals surface area contributed by atoms with Crippen LogP contribution in [0, 0.1) is 11.6 Å². The Labute approximate surface area is 222 Å². The van der Waals surface area contributed by atoms with Gasteiger partial charge in [-0.2, -0.15) is 0 Å². The molecule has 0 unspecified atom stereocenters. The van der Waals surface area contributed by atoms with Crippen LogP contribution in [0.1, 0.15) is 23.6 Å². The standard InChI is InChI=1S/C26H23Cl2F2N5O2/c1-26(12-17-9-10-18(29)11-20(17)30)23(36)35(24(31)34-26)14-16-7-5-15(6-8-16)13-32-25(37)33-21-4-2-3-19(27)22(21)28/h2-11H,12-14H2,1H3,(H2,31,34)(H2,32,33,37)/t26-/m1/s1. The zero-order valence-corrected chi connectivity index (χ0v) is 21.2. The van der Waals surface area contributed by atoms with Crippen LogP contribution in [0.5, 0.6) is 0 Å². The molecular weight excluding hydrogens is 523 g/mol. The Morgan fingerprint density at radius 3 is 2.49 bits per heavy atom. The van der Waals surface area contributed by atoms with Gasteiger partial charge in [-0.1, -0.05) is 59.6 Å². The summed E-state index contributed by atoms with van der Waals surface area (Å²) in [6, 6.07) is 14.9. The lowest BCUT2D eigenvalue weighted by atomic mass is 9.92. The van der Waals surface area contributed by atoms with Crippen molar-refractivity contribution in [2.75, 3.05) is 5.32 Å². The maximum absolute atomic E-state index is 14.1. The Bertz CT molecular complexity index is 1380. The molecule has 7 nitrogen and oxygen atoms in total. The number of amides is 3. The van der Waals surface area contributed by atoms with Crippen LogP contribution in [0.2, 0.25) is 10.0 Å². The Morgan fingerprint density at radius 2 is 1.78 bits per heavy atom. The smallest absolute Gasteiger partial charge is 0.319 e. The van der Waals surface area contributed by atoms with Gasteiger partial charge in [0.1, 0.15) is 17.2 Å². The SMILES string of the molecule is C[C@]1(Cc2ccc(F)cc2F)N=C(N)N(Cc2ccc(CNC(=O)Nc3cccc(Cl)c3Cl)cc2)C1=O. The number of hydrogen-bond acceptors (Lipinski definition) is 4. The lowest BCUT2D eigenvalue weighted by Crippen LogP contribution is -2.43. The van der Waals surface area contributed by atoms with Crippen molar-refractivity contribution in [2.45, 2.75) is 32.0 Å². The second-order valence-corrected chi connectivity index (χ2v) is 9.56. The van der Waals surface area contributed by atoms with Crippen molar-refractivity contribution in [2.24, 2.45) is 10.7 Å². The van der Waals surface area contributed by atoms with Crippen molar-refractivity contribution >= 4 is 46.8 Å². The molecule has 11 heteroatoms. The fraction of sp³-hybridized carbons (Fsp3) is 0.192. The molecule has 0 saturated heterocycles. The molecule has 0 fully saturated rings. The average Bonchev–Trinajstić information content (AvgIpc) is 3.06. The van der Waals surface area contributed by atoms with Gasteiger partial charge < -0.3 is 16.4 Å². The molecule has 0 saturated carbocycles. The van der Waals surface area contributed by atoms with Crippen molar-refractivity contribution in [1.29, 1.82) is 0 Å². The van der Waals surface area contributed by atoms with Crippen molar-refractivity contribution in [3.8, 4) is 0 Å². The molecule has 3 aromatic rings. The maximum Gasteiger partial charge on any atom is 0.319 e. The van der Waals surface area contributed by atoms with E-state index < -0.39 is 23.2 Å².